The zero-order valence-electron chi connectivity index (χ0n) is 12.1. The zero-order chi connectivity index (χ0) is 14.7. The van der Waals surface area contributed by atoms with Gasteiger partial charge in [0.05, 0.1) is 23.4 Å². The van der Waals surface area contributed by atoms with Crippen LogP contribution in [0.2, 0.25) is 5.02 Å². The van der Waals surface area contributed by atoms with Gasteiger partial charge in [-0.05, 0) is 37.0 Å². The van der Waals surface area contributed by atoms with Crippen molar-refractivity contribution in [1.29, 1.82) is 0 Å². The van der Waals surface area contributed by atoms with Crippen LogP contribution in [0.1, 0.15) is 23.2 Å². The summed E-state index contributed by atoms with van der Waals surface area (Å²) < 4.78 is 5.25. The molecule has 1 fully saturated rings. The molecule has 0 heterocycles. The number of nitrogens with zero attached hydrogens (tertiary/aromatic N) is 1. The maximum Gasteiger partial charge on any atom is 0.253 e. The van der Waals surface area contributed by atoms with E-state index in [1.807, 2.05) is 6.07 Å². The Morgan fingerprint density at radius 2 is 2.20 bits per heavy atom. The largest absolute Gasteiger partial charge is 0.383 e. The Hall–Kier alpha value is -1.26. The van der Waals surface area contributed by atoms with Gasteiger partial charge in [0, 0.05) is 26.8 Å². The molecular formula is C15H21ClN2O2. The zero-order valence-corrected chi connectivity index (χ0v) is 12.9. The van der Waals surface area contributed by atoms with Crippen LogP contribution in [0.4, 0.5) is 5.69 Å². The Morgan fingerprint density at radius 1 is 1.50 bits per heavy atom. The van der Waals surface area contributed by atoms with Crippen LogP contribution in [0.3, 0.4) is 0 Å². The van der Waals surface area contributed by atoms with Crippen LogP contribution in [0.5, 0.6) is 0 Å². The maximum atomic E-state index is 12.0. The van der Waals surface area contributed by atoms with Crippen LogP contribution in [-0.2, 0) is 4.74 Å². The lowest BCUT2D eigenvalue weighted by atomic mass is 10.1. The summed E-state index contributed by atoms with van der Waals surface area (Å²) in [5.41, 5.74) is 1.43. The molecule has 0 aliphatic heterocycles. The Kier molecular flexibility index (Phi) is 4.89. The fraction of sp³-hybridized carbons (Fsp3) is 0.533. The molecule has 1 aliphatic rings. The number of benzene rings is 1. The average Bonchev–Trinajstić information content (AvgIpc) is 3.24. The molecule has 0 bridgehead atoms. The van der Waals surface area contributed by atoms with E-state index < -0.39 is 0 Å². The van der Waals surface area contributed by atoms with Crippen LogP contribution in [0, 0.1) is 5.92 Å². The van der Waals surface area contributed by atoms with Gasteiger partial charge in [-0.25, -0.2) is 0 Å². The number of anilines is 1. The minimum atomic E-state index is -0.0283. The van der Waals surface area contributed by atoms with E-state index in [-0.39, 0.29) is 11.9 Å². The number of halogens is 1. The molecule has 2 rings (SSSR count). The number of carbonyl (C=O) groups is 1. The first kappa shape index (κ1) is 15.1. The van der Waals surface area contributed by atoms with Gasteiger partial charge in [-0.15, -0.1) is 0 Å². The summed E-state index contributed by atoms with van der Waals surface area (Å²) in [7, 11) is 5.18. The average molecular weight is 297 g/mol. The molecule has 1 aliphatic carbocycles. The van der Waals surface area contributed by atoms with Gasteiger partial charge >= 0.3 is 0 Å². The summed E-state index contributed by atoms with van der Waals surface area (Å²) in [6.07, 6.45) is 2.43. The number of methoxy groups -OCH3 is 1. The van der Waals surface area contributed by atoms with Gasteiger partial charge in [0.1, 0.15) is 0 Å². The van der Waals surface area contributed by atoms with E-state index in [2.05, 4.69) is 5.32 Å². The summed E-state index contributed by atoms with van der Waals surface area (Å²) in [4.78, 5) is 13.6. The van der Waals surface area contributed by atoms with Gasteiger partial charge in [0.25, 0.3) is 5.91 Å². The molecule has 1 atom stereocenters. The second-order valence-electron chi connectivity index (χ2n) is 5.44. The maximum absolute atomic E-state index is 12.0. The van der Waals surface area contributed by atoms with E-state index in [1.165, 1.54) is 12.8 Å². The van der Waals surface area contributed by atoms with E-state index in [9.17, 15) is 4.79 Å². The van der Waals surface area contributed by atoms with Crippen LogP contribution in [0.15, 0.2) is 18.2 Å². The number of ether oxygens (including phenoxy) is 1. The summed E-state index contributed by atoms with van der Waals surface area (Å²) in [6.45, 7) is 0.646. The lowest BCUT2D eigenvalue weighted by Crippen LogP contribution is -2.27. The molecule has 110 valence electrons. The van der Waals surface area contributed by atoms with Crippen molar-refractivity contribution in [2.24, 2.45) is 5.92 Å². The predicted molar refractivity (Wildman–Crippen MR) is 81.5 cm³/mol. The molecule has 1 aromatic rings. The molecular weight excluding hydrogens is 276 g/mol. The van der Waals surface area contributed by atoms with Crippen LogP contribution in [0.25, 0.3) is 0 Å². The Balaban J connectivity index is 2.17. The van der Waals surface area contributed by atoms with Crippen molar-refractivity contribution in [2.45, 2.75) is 18.9 Å². The van der Waals surface area contributed by atoms with Gasteiger partial charge in [-0.1, -0.05) is 11.6 Å². The van der Waals surface area contributed by atoms with E-state index in [1.54, 1.807) is 38.2 Å². The van der Waals surface area contributed by atoms with Crippen LogP contribution in [-0.4, -0.2) is 44.7 Å². The lowest BCUT2D eigenvalue weighted by molar-refractivity contribution is 0.0827. The Morgan fingerprint density at radius 3 is 2.75 bits per heavy atom. The van der Waals surface area contributed by atoms with Gasteiger partial charge < -0.3 is 15.0 Å². The lowest BCUT2D eigenvalue weighted by Gasteiger charge is -2.20. The highest BCUT2D eigenvalue weighted by atomic mass is 35.5. The van der Waals surface area contributed by atoms with E-state index in [4.69, 9.17) is 16.3 Å². The van der Waals surface area contributed by atoms with E-state index in [0.717, 1.165) is 5.69 Å². The number of nitrogens with one attached hydrogen (secondary N) is 1. The third-order valence-electron chi connectivity index (χ3n) is 3.50. The molecule has 1 saturated carbocycles. The minimum absolute atomic E-state index is 0.0283. The molecule has 0 spiro atoms. The monoisotopic (exact) mass is 296 g/mol. The quantitative estimate of drug-likeness (QED) is 0.877. The molecule has 5 heteroatoms. The minimum Gasteiger partial charge on any atom is -0.383 e. The van der Waals surface area contributed by atoms with Crippen LogP contribution < -0.4 is 5.32 Å². The van der Waals surface area contributed by atoms with Gasteiger partial charge in [0.2, 0.25) is 0 Å². The van der Waals surface area contributed by atoms with Gasteiger partial charge in [-0.3, -0.25) is 4.79 Å². The standard InChI is InChI=1S/C15H21ClN2O2/c1-18(2)15(19)11-6-7-12(16)13(8-11)17-14(9-20-3)10-4-5-10/h6-8,10,14,17H,4-5,9H2,1-3H3. The van der Waals surface area contributed by atoms with Gasteiger partial charge in [0.15, 0.2) is 0 Å². The van der Waals surface area contributed by atoms with Crippen molar-refractivity contribution in [3.05, 3.63) is 28.8 Å². The Bertz CT molecular complexity index is 487. The number of carbonyl (C=O) groups excluding carboxylic acids is 1. The third-order valence-corrected chi connectivity index (χ3v) is 3.83. The van der Waals surface area contributed by atoms with Gasteiger partial charge in [-0.2, -0.15) is 0 Å². The smallest absolute Gasteiger partial charge is 0.253 e. The summed E-state index contributed by atoms with van der Waals surface area (Å²) in [6, 6.07) is 5.58. The Labute approximate surface area is 125 Å². The van der Waals surface area contributed by atoms with Crippen molar-refractivity contribution in [3.63, 3.8) is 0 Å². The highest BCUT2D eigenvalue weighted by molar-refractivity contribution is 6.33. The van der Waals surface area contributed by atoms with Crippen LogP contribution >= 0.6 is 11.6 Å². The molecule has 1 N–H and O–H groups in total. The summed E-state index contributed by atoms with van der Waals surface area (Å²) in [5.74, 6) is 0.610. The van der Waals surface area contributed by atoms with E-state index in [0.29, 0.717) is 23.1 Å². The summed E-state index contributed by atoms with van der Waals surface area (Å²) >= 11 is 6.22. The van der Waals surface area contributed by atoms with Crippen molar-refractivity contribution >= 4 is 23.2 Å². The molecule has 0 saturated heterocycles. The van der Waals surface area contributed by atoms with E-state index >= 15 is 0 Å². The highest BCUT2D eigenvalue weighted by Crippen LogP contribution is 2.35. The molecule has 1 aromatic carbocycles. The number of amides is 1. The number of rotatable bonds is 6. The number of hydrogen-bond donors (Lipinski definition) is 1. The SMILES string of the molecule is COCC(Nc1cc(C(=O)N(C)C)ccc1Cl)C1CC1. The molecule has 0 radical (unpaired) electrons. The topological polar surface area (TPSA) is 41.6 Å². The van der Waals surface area contributed by atoms with Crippen molar-refractivity contribution in [2.75, 3.05) is 33.1 Å². The molecule has 4 nitrogen and oxygen atoms in total. The second-order valence-corrected chi connectivity index (χ2v) is 5.85. The molecule has 1 amide bonds. The predicted octanol–water partition coefficient (Wildman–Crippen LogP) is 2.88. The molecule has 1 unspecified atom stereocenters. The summed E-state index contributed by atoms with van der Waals surface area (Å²) in [5, 5.41) is 4.04. The first-order valence-electron chi connectivity index (χ1n) is 6.79. The van der Waals surface area contributed by atoms with Crippen molar-refractivity contribution in [1.82, 2.24) is 4.90 Å². The number of hydrogen-bond acceptors (Lipinski definition) is 3. The second kappa shape index (κ2) is 6.46. The molecule has 20 heavy (non-hydrogen) atoms. The first-order valence-corrected chi connectivity index (χ1v) is 7.17. The normalized spacial score (nSPS) is 15.8. The van der Waals surface area contributed by atoms with Crippen molar-refractivity contribution < 1.29 is 9.53 Å². The molecule has 0 aromatic heterocycles. The first-order chi connectivity index (χ1) is 9.52. The third kappa shape index (κ3) is 3.64. The fourth-order valence-corrected chi connectivity index (χ4v) is 2.37. The highest BCUT2D eigenvalue weighted by Gasteiger charge is 2.31. The van der Waals surface area contributed by atoms with Crippen molar-refractivity contribution in [3.8, 4) is 0 Å². The fourth-order valence-electron chi connectivity index (χ4n) is 2.20.